The van der Waals surface area contributed by atoms with E-state index in [1.54, 1.807) is 21.1 Å². The summed E-state index contributed by atoms with van der Waals surface area (Å²) in [5.41, 5.74) is 0. The minimum atomic E-state index is -1.13. The monoisotopic (exact) mass is 760 g/mol. The van der Waals surface area contributed by atoms with Crippen LogP contribution in [-0.2, 0) is 28.6 Å². The number of aliphatic carboxylic acids is 1. The average Bonchev–Trinajstić information content (AvgIpc) is 3.12. The zero-order valence-electron chi connectivity index (χ0n) is 35.4. The average molecular weight is 760 g/mol. The predicted octanol–water partition coefficient (Wildman–Crippen LogP) is 10.3. The molecule has 0 aromatic carbocycles. The largest absolute Gasteiger partial charge is 0.544 e. The molecular formula is C46H81NO7. The van der Waals surface area contributed by atoms with Crippen molar-refractivity contribution in [1.82, 2.24) is 0 Å². The molecule has 0 amide bonds. The molecule has 0 aliphatic carbocycles. The van der Waals surface area contributed by atoms with Crippen molar-refractivity contribution in [3.8, 4) is 0 Å². The summed E-state index contributed by atoms with van der Waals surface area (Å²) in [5.74, 6) is -1.77. The molecule has 0 rings (SSSR count). The van der Waals surface area contributed by atoms with E-state index in [0.717, 1.165) is 83.5 Å². The lowest BCUT2D eigenvalue weighted by molar-refractivity contribution is -0.889. The second-order valence-corrected chi connectivity index (χ2v) is 15.5. The van der Waals surface area contributed by atoms with Crippen LogP contribution >= 0.6 is 0 Å². The van der Waals surface area contributed by atoms with Gasteiger partial charge in [-0.1, -0.05) is 133 Å². The van der Waals surface area contributed by atoms with Crippen LogP contribution < -0.4 is 5.11 Å². The van der Waals surface area contributed by atoms with Crippen LogP contribution in [0.5, 0.6) is 0 Å². The van der Waals surface area contributed by atoms with Gasteiger partial charge >= 0.3 is 11.9 Å². The number of esters is 2. The molecule has 2 unspecified atom stereocenters. The summed E-state index contributed by atoms with van der Waals surface area (Å²) in [7, 11) is 5.39. The fraction of sp³-hybridized carbons (Fsp3) is 0.761. The van der Waals surface area contributed by atoms with Gasteiger partial charge in [-0.05, 0) is 70.6 Å². The van der Waals surface area contributed by atoms with E-state index in [2.05, 4.69) is 62.5 Å². The summed E-state index contributed by atoms with van der Waals surface area (Å²) in [6, 6.07) is -0.730. The van der Waals surface area contributed by atoms with Crippen molar-refractivity contribution in [3.63, 3.8) is 0 Å². The second-order valence-electron chi connectivity index (χ2n) is 15.5. The molecule has 0 bridgehead atoms. The fourth-order valence-electron chi connectivity index (χ4n) is 6.08. The number of likely N-dealkylation sites (N-methyl/N-ethyl adjacent to an activating group) is 1. The summed E-state index contributed by atoms with van der Waals surface area (Å²) in [4.78, 5) is 36.8. The molecule has 312 valence electrons. The maximum absolute atomic E-state index is 12.7. The third-order valence-electron chi connectivity index (χ3n) is 9.45. The highest BCUT2D eigenvalue weighted by atomic mass is 16.6. The highest BCUT2D eigenvalue weighted by Gasteiger charge is 2.25. The van der Waals surface area contributed by atoms with E-state index in [1.165, 1.54) is 57.8 Å². The lowest BCUT2D eigenvalue weighted by atomic mass is 10.1. The van der Waals surface area contributed by atoms with E-state index in [-0.39, 0.29) is 42.7 Å². The minimum absolute atomic E-state index is 0.0298. The number of hydrogen-bond donors (Lipinski definition) is 0. The Labute approximate surface area is 331 Å². The van der Waals surface area contributed by atoms with Gasteiger partial charge in [-0.25, -0.2) is 0 Å². The molecule has 8 heteroatoms. The first-order valence-corrected chi connectivity index (χ1v) is 21.7. The maximum atomic E-state index is 12.7. The van der Waals surface area contributed by atoms with Crippen LogP contribution in [0.25, 0.3) is 0 Å². The SMILES string of the molecule is CC/C=C/C/C=C/C/C=C/CCCCCCCCC(=O)OCC(COCCC(C(=O)[O-])[N+](C)(C)C)OC(=O)CCCCC/C=C/CCCCCCCCC. The molecule has 54 heavy (non-hydrogen) atoms. The zero-order valence-corrected chi connectivity index (χ0v) is 35.4. The van der Waals surface area contributed by atoms with Crippen LogP contribution in [0, 0.1) is 0 Å². The Morgan fingerprint density at radius 2 is 1.04 bits per heavy atom. The zero-order chi connectivity index (χ0) is 40.0. The molecule has 0 aromatic rings. The van der Waals surface area contributed by atoms with Crippen LogP contribution in [-0.4, -0.2) is 75.5 Å². The Hall–Kier alpha value is -2.71. The number of allylic oxidation sites excluding steroid dienone is 8. The summed E-state index contributed by atoms with van der Waals surface area (Å²) in [6.07, 6.45) is 42.7. The molecule has 0 saturated heterocycles. The van der Waals surface area contributed by atoms with Crippen molar-refractivity contribution in [1.29, 1.82) is 0 Å². The van der Waals surface area contributed by atoms with Crippen LogP contribution in [0.15, 0.2) is 48.6 Å². The fourth-order valence-corrected chi connectivity index (χ4v) is 6.08. The molecule has 0 N–H and O–H groups in total. The molecule has 0 radical (unpaired) electrons. The number of carbonyl (C=O) groups is 3. The topological polar surface area (TPSA) is 102 Å². The van der Waals surface area contributed by atoms with Crippen molar-refractivity contribution < 1.29 is 38.2 Å². The molecule has 8 nitrogen and oxygen atoms in total. The third kappa shape index (κ3) is 35.0. The Morgan fingerprint density at radius 1 is 0.574 bits per heavy atom. The van der Waals surface area contributed by atoms with E-state index in [9.17, 15) is 19.5 Å². The number of unbranched alkanes of at least 4 members (excludes halogenated alkanes) is 16. The summed E-state index contributed by atoms with van der Waals surface area (Å²) < 4.78 is 17.1. The normalized spacial score (nSPS) is 13.4. The van der Waals surface area contributed by atoms with Crippen molar-refractivity contribution >= 4 is 17.9 Å². The van der Waals surface area contributed by atoms with Crippen LogP contribution in [0.1, 0.15) is 174 Å². The number of rotatable bonds is 38. The van der Waals surface area contributed by atoms with Gasteiger partial charge in [0.25, 0.3) is 0 Å². The Bertz CT molecular complexity index is 1030. The van der Waals surface area contributed by atoms with Crippen molar-refractivity contribution in [2.24, 2.45) is 0 Å². The first-order chi connectivity index (χ1) is 26.1. The van der Waals surface area contributed by atoms with Gasteiger partial charge in [0, 0.05) is 19.3 Å². The molecule has 0 aromatic heterocycles. The molecular weight excluding hydrogens is 679 g/mol. The standard InChI is InChI=1S/C46H81NO7/c1-6-8-10-12-14-16-18-20-22-23-25-26-28-30-32-34-36-44(48)53-41-42(40-52-39-38-43(46(50)51)47(3,4)5)54-45(49)37-35-33-31-29-27-24-21-19-17-15-13-11-9-7-2/h8,10,14,16,20,22,24,27,42-43H,6-7,9,11-13,15,17-19,21,23,25-26,28-41H2,1-5H3/b10-8+,16-14+,22-20+,27-24+. The molecule has 0 aliphatic rings. The lowest BCUT2D eigenvalue weighted by Gasteiger charge is -2.34. The van der Waals surface area contributed by atoms with Crippen molar-refractivity contribution in [2.75, 3.05) is 41.0 Å². The number of hydrogen-bond acceptors (Lipinski definition) is 7. The molecule has 0 spiro atoms. The molecule has 0 aliphatic heterocycles. The van der Waals surface area contributed by atoms with Crippen molar-refractivity contribution in [3.05, 3.63) is 48.6 Å². The first-order valence-electron chi connectivity index (χ1n) is 21.7. The van der Waals surface area contributed by atoms with Gasteiger partial charge in [0.05, 0.1) is 40.3 Å². The highest BCUT2D eigenvalue weighted by Crippen LogP contribution is 2.13. The van der Waals surface area contributed by atoms with Gasteiger partial charge in [-0.3, -0.25) is 9.59 Å². The number of carbonyl (C=O) groups excluding carboxylic acids is 3. The lowest BCUT2D eigenvalue weighted by Crippen LogP contribution is -2.55. The van der Waals surface area contributed by atoms with Gasteiger partial charge in [-0.2, -0.15) is 0 Å². The molecule has 0 saturated carbocycles. The van der Waals surface area contributed by atoms with E-state index >= 15 is 0 Å². The predicted molar refractivity (Wildman–Crippen MR) is 222 cm³/mol. The Morgan fingerprint density at radius 3 is 1.57 bits per heavy atom. The quantitative estimate of drug-likeness (QED) is 0.0267. The number of carboxylic acids is 1. The van der Waals surface area contributed by atoms with Crippen LogP contribution in [0.2, 0.25) is 0 Å². The number of carboxylic acid groups (broad SMARTS) is 1. The third-order valence-corrected chi connectivity index (χ3v) is 9.45. The van der Waals surface area contributed by atoms with E-state index < -0.39 is 18.1 Å². The maximum Gasteiger partial charge on any atom is 0.306 e. The van der Waals surface area contributed by atoms with Gasteiger partial charge < -0.3 is 28.6 Å². The summed E-state index contributed by atoms with van der Waals surface area (Å²) in [6.45, 7) is 4.51. The van der Waals surface area contributed by atoms with E-state index in [1.807, 2.05) is 0 Å². The highest BCUT2D eigenvalue weighted by molar-refractivity contribution is 5.70. The molecule has 0 fully saturated rings. The first kappa shape index (κ1) is 51.3. The smallest absolute Gasteiger partial charge is 0.306 e. The second kappa shape index (κ2) is 37.2. The molecule has 0 heterocycles. The van der Waals surface area contributed by atoms with Crippen LogP contribution in [0.4, 0.5) is 0 Å². The van der Waals surface area contributed by atoms with Gasteiger partial charge in [0.2, 0.25) is 0 Å². The number of nitrogens with zero attached hydrogens (tertiary/aromatic N) is 1. The minimum Gasteiger partial charge on any atom is -0.544 e. The Kier molecular flexibility index (Phi) is 35.4. The number of ether oxygens (including phenoxy) is 3. The van der Waals surface area contributed by atoms with E-state index in [4.69, 9.17) is 14.2 Å². The summed E-state index contributed by atoms with van der Waals surface area (Å²) >= 11 is 0. The van der Waals surface area contributed by atoms with Crippen LogP contribution in [0.3, 0.4) is 0 Å². The molecule has 2 atom stereocenters. The van der Waals surface area contributed by atoms with Gasteiger partial charge in [-0.15, -0.1) is 0 Å². The van der Waals surface area contributed by atoms with Crippen molar-refractivity contribution in [2.45, 2.75) is 187 Å². The van der Waals surface area contributed by atoms with E-state index in [0.29, 0.717) is 12.8 Å². The Balaban J connectivity index is 4.40. The summed E-state index contributed by atoms with van der Waals surface area (Å²) in [5, 5.41) is 11.6. The van der Waals surface area contributed by atoms with Gasteiger partial charge in [0.1, 0.15) is 12.6 Å². The number of quaternary nitrogens is 1. The van der Waals surface area contributed by atoms with Gasteiger partial charge in [0.15, 0.2) is 6.10 Å².